The van der Waals surface area contributed by atoms with E-state index in [0.717, 1.165) is 30.4 Å². The molecule has 0 aliphatic carbocycles. The van der Waals surface area contributed by atoms with Crippen LogP contribution in [-0.2, 0) is 4.74 Å². The minimum Gasteiger partial charge on any atom is -0.474 e. The number of fused-ring (bicyclic) bond motifs is 1. The molecular weight excluding hydrogens is 240 g/mol. The third kappa shape index (κ3) is 2.51. The highest BCUT2D eigenvalue weighted by molar-refractivity contribution is 5.80. The quantitative estimate of drug-likeness (QED) is 0.845. The number of hydrogen-bond donors (Lipinski definition) is 0. The summed E-state index contributed by atoms with van der Waals surface area (Å²) >= 11 is 0. The second kappa shape index (κ2) is 5.25. The third-order valence-electron chi connectivity index (χ3n) is 3.24. The first-order valence-electron chi connectivity index (χ1n) is 6.41. The first-order chi connectivity index (χ1) is 9.36. The summed E-state index contributed by atoms with van der Waals surface area (Å²) in [5, 5.41) is 10.1. The predicted molar refractivity (Wildman–Crippen MR) is 70.9 cm³/mol. The van der Waals surface area contributed by atoms with Crippen LogP contribution in [0.3, 0.4) is 0 Å². The van der Waals surface area contributed by atoms with Crippen molar-refractivity contribution in [2.45, 2.75) is 18.9 Å². The Kier molecular flexibility index (Phi) is 3.30. The van der Waals surface area contributed by atoms with Gasteiger partial charge in [0.1, 0.15) is 18.2 Å². The van der Waals surface area contributed by atoms with Crippen LogP contribution in [0, 0.1) is 11.3 Å². The molecule has 0 bridgehead atoms. The van der Waals surface area contributed by atoms with Crippen LogP contribution in [0.2, 0.25) is 0 Å². The Morgan fingerprint density at radius 2 is 2.32 bits per heavy atom. The van der Waals surface area contributed by atoms with Gasteiger partial charge in [0.2, 0.25) is 5.88 Å². The summed E-state index contributed by atoms with van der Waals surface area (Å²) in [4.78, 5) is 4.41. The van der Waals surface area contributed by atoms with Crippen LogP contribution in [0.4, 0.5) is 0 Å². The monoisotopic (exact) mass is 254 g/mol. The Morgan fingerprint density at radius 1 is 1.42 bits per heavy atom. The predicted octanol–water partition coefficient (Wildman–Crippen LogP) is 2.66. The second-order valence-electron chi connectivity index (χ2n) is 4.59. The summed E-state index contributed by atoms with van der Waals surface area (Å²) in [5.41, 5.74) is 1.31. The van der Waals surface area contributed by atoms with Crippen molar-refractivity contribution >= 4 is 10.9 Å². The molecule has 1 unspecified atom stereocenters. The van der Waals surface area contributed by atoms with Crippen molar-refractivity contribution in [3.8, 4) is 11.9 Å². The number of pyridine rings is 1. The van der Waals surface area contributed by atoms with E-state index in [9.17, 15) is 0 Å². The SMILES string of the molecule is N#Cc1cc2ccccc2nc1OCC1CCCO1. The molecule has 4 heteroatoms. The van der Waals surface area contributed by atoms with Gasteiger partial charge in [-0.1, -0.05) is 18.2 Å². The molecule has 1 aliphatic rings. The van der Waals surface area contributed by atoms with E-state index in [1.165, 1.54) is 0 Å². The highest BCUT2D eigenvalue weighted by Crippen LogP contribution is 2.22. The van der Waals surface area contributed by atoms with Crippen LogP contribution in [0.5, 0.6) is 5.88 Å². The highest BCUT2D eigenvalue weighted by Gasteiger charge is 2.17. The number of para-hydroxylation sites is 1. The van der Waals surface area contributed by atoms with Crippen LogP contribution in [0.1, 0.15) is 18.4 Å². The normalized spacial score (nSPS) is 18.4. The van der Waals surface area contributed by atoms with Gasteiger partial charge in [0.05, 0.1) is 11.6 Å². The number of benzene rings is 1. The molecule has 19 heavy (non-hydrogen) atoms. The highest BCUT2D eigenvalue weighted by atomic mass is 16.5. The Labute approximate surface area is 111 Å². The minimum absolute atomic E-state index is 0.125. The largest absolute Gasteiger partial charge is 0.474 e. The molecule has 1 aromatic heterocycles. The summed E-state index contributed by atoms with van der Waals surface area (Å²) in [6.07, 6.45) is 2.21. The number of aromatic nitrogens is 1. The molecule has 1 saturated heterocycles. The number of ether oxygens (including phenoxy) is 2. The number of hydrogen-bond acceptors (Lipinski definition) is 4. The molecule has 1 atom stereocenters. The van der Waals surface area contributed by atoms with Crippen molar-refractivity contribution in [3.63, 3.8) is 0 Å². The molecule has 0 saturated carbocycles. The van der Waals surface area contributed by atoms with E-state index in [1.807, 2.05) is 30.3 Å². The van der Waals surface area contributed by atoms with Crippen LogP contribution in [-0.4, -0.2) is 24.3 Å². The van der Waals surface area contributed by atoms with E-state index in [4.69, 9.17) is 14.7 Å². The molecular formula is C15H14N2O2. The Bertz CT molecular complexity index is 628. The molecule has 2 aromatic rings. The first-order valence-corrected chi connectivity index (χ1v) is 6.41. The van der Waals surface area contributed by atoms with Gasteiger partial charge in [-0.15, -0.1) is 0 Å². The number of nitrogens with zero attached hydrogens (tertiary/aromatic N) is 2. The summed E-state index contributed by atoms with van der Waals surface area (Å²) in [7, 11) is 0. The van der Waals surface area contributed by atoms with E-state index in [0.29, 0.717) is 18.1 Å². The fourth-order valence-corrected chi connectivity index (χ4v) is 2.24. The zero-order chi connectivity index (χ0) is 13.1. The van der Waals surface area contributed by atoms with Crippen molar-refractivity contribution in [2.75, 3.05) is 13.2 Å². The summed E-state index contributed by atoms with van der Waals surface area (Å²) < 4.78 is 11.2. The fraction of sp³-hybridized carbons (Fsp3) is 0.333. The average Bonchev–Trinajstić information content (AvgIpc) is 2.97. The second-order valence-corrected chi connectivity index (χ2v) is 4.59. The van der Waals surface area contributed by atoms with Gasteiger partial charge in [0, 0.05) is 12.0 Å². The lowest BCUT2D eigenvalue weighted by Crippen LogP contribution is -2.17. The van der Waals surface area contributed by atoms with Gasteiger partial charge < -0.3 is 9.47 Å². The maximum atomic E-state index is 9.17. The van der Waals surface area contributed by atoms with Crippen molar-refractivity contribution in [1.82, 2.24) is 4.98 Å². The fourth-order valence-electron chi connectivity index (χ4n) is 2.24. The lowest BCUT2D eigenvalue weighted by Gasteiger charge is -2.12. The van der Waals surface area contributed by atoms with Crippen LogP contribution in [0.15, 0.2) is 30.3 Å². The topological polar surface area (TPSA) is 55.1 Å². The molecule has 1 aromatic carbocycles. The molecule has 1 aliphatic heterocycles. The Balaban J connectivity index is 1.86. The molecule has 96 valence electrons. The third-order valence-corrected chi connectivity index (χ3v) is 3.24. The Hall–Kier alpha value is -2.12. The summed E-state index contributed by atoms with van der Waals surface area (Å²) in [5.74, 6) is 0.400. The van der Waals surface area contributed by atoms with Gasteiger partial charge >= 0.3 is 0 Å². The van der Waals surface area contributed by atoms with Gasteiger partial charge in [0.25, 0.3) is 0 Å². The lowest BCUT2D eigenvalue weighted by molar-refractivity contribution is 0.0663. The van der Waals surface area contributed by atoms with E-state index in [1.54, 1.807) is 0 Å². The smallest absolute Gasteiger partial charge is 0.232 e. The summed E-state index contributed by atoms with van der Waals surface area (Å²) in [6.45, 7) is 1.25. The van der Waals surface area contributed by atoms with E-state index in [2.05, 4.69) is 11.1 Å². The average molecular weight is 254 g/mol. The van der Waals surface area contributed by atoms with Crippen molar-refractivity contribution in [1.29, 1.82) is 5.26 Å². The van der Waals surface area contributed by atoms with Crippen LogP contribution < -0.4 is 4.74 Å². The lowest BCUT2D eigenvalue weighted by atomic mass is 10.1. The maximum absolute atomic E-state index is 9.17. The van der Waals surface area contributed by atoms with Gasteiger partial charge in [-0.25, -0.2) is 4.98 Å². The first kappa shape index (κ1) is 11.9. The molecule has 4 nitrogen and oxygen atoms in total. The van der Waals surface area contributed by atoms with Crippen molar-refractivity contribution in [2.24, 2.45) is 0 Å². The van der Waals surface area contributed by atoms with Crippen LogP contribution >= 0.6 is 0 Å². The van der Waals surface area contributed by atoms with E-state index in [-0.39, 0.29) is 6.10 Å². The van der Waals surface area contributed by atoms with Crippen molar-refractivity contribution in [3.05, 3.63) is 35.9 Å². The van der Waals surface area contributed by atoms with E-state index < -0.39 is 0 Å². The molecule has 0 spiro atoms. The van der Waals surface area contributed by atoms with Gasteiger partial charge in [0.15, 0.2) is 0 Å². The standard InChI is InChI=1S/C15H14N2O2/c16-9-12-8-11-4-1-2-6-14(11)17-15(12)19-10-13-5-3-7-18-13/h1-2,4,6,8,13H,3,5,7,10H2. The molecule has 3 rings (SSSR count). The zero-order valence-corrected chi connectivity index (χ0v) is 10.5. The molecule has 0 radical (unpaired) electrons. The van der Waals surface area contributed by atoms with Gasteiger partial charge in [-0.2, -0.15) is 5.26 Å². The number of rotatable bonds is 3. The van der Waals surface area contributed by atoms with Gasteiger partial charge in [-0.05, 0) is 25.0 Å². The molecule has 1 fully saturated rings. The molecule has 0 amide bonds. The van der Waals surface area contributed by atoms with Crippen molar-refractivity contribution < 1.29 is 9.47 Å². The molecule has 2 heterocycles. The van der Waals surface area contributed by atoms with Gasteiger partial charge in [-0.3, -0.25) is 0 Å². The maximum Gasteiger partial charge on any atom is 0.232 e. The summed E-state index contributed by atoms with van der Waals surface area (Å²) in [6, 6.07) is 11.6. The van der Waals surface area contributed by atoms with E-state index >= 15 is 0 Å². The zero-order valence-electron chi connectivity index (χ0n) is 10.5. The Morgan fingerprint density at radius 3 is 3.11 bits per heavy atom. The number of nitriles is 1. The minimum atomic E-state index is 0.125. The van der Waals surface area contributed by atoms with Crippen LogP contribution in [0.25, 0.3) is 10.9 Å². The molecule has 0 N–H and O–H groups in total.